The third kappa shape index (κ3) is 3.26. The third-order valence-corrected chi connectivity index (χ3v) is 4.81. The molecule has 2 aliphatic carbocycles. The predicted octanol–water partition coefficient (Wildman–Crippen LogP) is 4.60. The number of hydrogen-bond donors (Lipinski definition) is 0. The summed E-state index contributed by atoms with van der Waals surface area (Å²) in [7, 11) is 0. The molecule has 18 heavy (non-hydrogen) atoms. The molecule has 4 atom stereocenters. The molecule has 0 N–H and O–H groups in total. The summed E-state index contributed by atoms with van der Waals surface area (Å²) in [6.07, 6.45) is 14.9. The van der Waals surface area contributed by atoms with Gasteiger partial charge in [-0.2, -0.15) is 0 Å². The summed E-state index contributed by atoms with van der Waals surface area (Å²) >= 11 is 0. The Morgan fingerprint density at radius 1 is 1.22 bits per heavy atom. The van der Waals surface area contributed by atoms with Gasteiger partial charge in [0.15, 0.2) is 0 Å². The molecule has 0 bridgehead atoms. The Morgan fingerprint density at radius 2 is 2.00 bits per heavy atom. The number of unbranched alkanes of at least 4 members (excludes halogenated alkanes) is 1. The van der Waals surface area contributed by atoms with Gasteiger partial charge in [0.05, 0.1) is 6.61 Å². The van der Waals surface area contributed by atoms with E-state index >= 15 is 0 Å². The molecule has 0 aromatic carbocycles. The molecule has 0 saturated heterocycles. The second-order valence-corrected chi connectivity index (χ2v) is 5.91. The van der Waals surface area contributed by atoms with Crippen LogP contribution in [0.1, 0.15) is 45.4 Å². The monoisotopic (exact) mass is 248 g/mol. The fourth-order valence-electron chi connectivity index (χ4n) is 3.86. The van der Waals surface area contributed by atoms with Crippen LogP contribution in [0.5, 0.6) is 0 Å². The van der Waals surface area contributed by atoms with E-state index in [-0.39, 0.29) is 0 Å². The quantitative estimate of drug-likeness (QED) is 0.472. The lowest BCUT2D eigenvalue weighted by molar-refractivity contribution is 0.158. The van der Waals surface area contributed by atoms with Gasteiger partial charge in [-0.3, -0.25) is 0 Å². The molecular weight excluding hydrogens is 220 g/mol. The molecule has 0 amide bonds. The maximum Gasteiger partial charge on any atom is 0.0647 e. The predicted molar refractivity (Wildman–Crippen MR) is 77.5 cm³/mol. The molecule has 4 unspecified atom stereocenters. The molecule has 0 aliphatic heterocycles. The lowest BCUT2D eigenvalue weighted by Crippen LogP contribution is -2.09. The van der Waals surface area contributed by atoms with Gasteiger partial charge in [0.2, 0.25) is 0 Å². The van der Waals surface area contributed by atoms with Gasteiger partial charge in [-0.1, -0.05) is 38.0 Å². The van der Waals surface area contributed by atoms with Crippen molar-refractivity contribution in [2.45, 2.75) is 45.4 Å². The highest BCUT2D eigenvalue weighted by atomic mass is 16.5. The number of hydrogen-bond acceptors (Lipinski definition) is 1. The summed E-state index contributed by atoms with van der Waals surface area (Å²) in [4.78, 5) is 0. The first-order chi connectivity index (χ1) is 8.86. The van der Waals surface area contributed by atoms with Crippen LogP contribution in [0.25, 0.3) is 0 Å². The van der Waals surface area contributed by atoms with E-state index in [4.69, 9.17) is 4.74 Å². The SMILES string of the molecule is C=CC1CC(/C=C/COCCCC)C2CCCC12. The fraction of sp³-hybridized carbons (Fsp3) is 0.765. The standard InChI is InChI=1S/C17H28O/c1-3-5-11-18-12-7-8-15-13-14(4-2)16-9-6-10-17(15)16/h4,7-8,14-17H,2-3,5-6,9-13H2,1H3/b8-7+. The minimum absolute atomic E-state index is 0.771. The van der Waals surface area contributed by atoms with E-state index in [0.29, 0.717) is 0 Å². The Balaban J connectivity index is 1.75. The lowest BCUT2D eigenvalue weighted by Gasteiger charge is -2.15. The minimum atomic E-state index is 0.771. The summed E-state index contributed by atoms with van der Waals surface area (Å²) in [5.41, 5.74) is 0. The topological polar surface area (TPSA) is 9.23 Å². The van der Waals surface area contributed by atoms with Crippen molar-refractivity contribution < 1.29 is 4.74 Å². The zero-order valence-electron chi connectivity index (χ0n) is 11.8. The number of allylic oxidation sites excluding steroid dienone is 2. The van der Waals surface area contributed by atoms with Crippen LogP contribution in [0.15, 0.2) is 24.8 Å². The van der Waals surface area contributed by atoms with Gasteiger partial charge < -0.3 is 4.74 Å². The Labute approximate surface area is 112 Å². The van der Waals surface area contributed by atoms with Crippen molar-refractivity contribution in [3.63, 3.8) is 0 Å². The van der Waals surface area contributed by atoms with Gasteiger partial charge >= 0.3 is 0 Å². The second kappa shape index (κ2) is 7.13. The molecule has 0 spiro atoms. The summed E-state index contributed by atoms with van der Waals surface area (Å²) < 4.78 is 5.59. The molecule has 1 nitrogen and oxygen atoms in total. The Morgan fingerprint density at radius 3 is 2.72 bits per heavy atom. The molecule has 0 heterocycles. The zero-order chi connectivity index (χ0) is 12.8. The van der Waals surface area contributed by atoms with E-state index in [2.05, 4.69) is 31.7 Å². The molecule has 0 radical (unpaired) electrons. The fourth-order valence-corrected chi connectivity index (χ4v) is 3.86. The first-order valence-corrected chi connectivity index (χ1v) is 7.73. The first kappa shape index (κ1) is 13.9. The van der Waals surface area contributed by atoms with E-state index in [9.17, 15) is 0 Å². The van der Waals surface area contributed by atoms with Crippen molar-refractivity contribution in [1.82, 2.24) is 0 Å². The van der Waals surface area contributed by atoms with Gasteiger partial charge in [-0.25, -0.2) is 0 Å². The number of rotatable bonds is 7. The average molecular weight is 248 g/mol. The van der Waals surface area contributed by atoms with Crippen molar-refractivity contribution in [1.29, 1.82) is 0 Å². The van der Waals surface area contributed by atoms with E-state index in [1.807, 2.05) is 0 Å². The summed E-state index contributed by atoms with van der Waals surface area (Å²) in [6.45, 7) is 7.93. The summed E-state index contributed by atoms with van der Waals surface area (Å²) in [6, 6.07) is 0. The van der Waals surface area contributed by atoms with Crippen LogP contribution < -0.4 is 0 Å². The highest BCUT2D eigenvalue weighted by molar-refractivity contribution is 5.06. The van der Waals surface area contributed by atoms with Crippen molar-refractivity contribution in [2.24, 2.45) is 23.7 Å². The van der Waals surface area contributed by atoms with E-state index in [1.165, 1.54) is 38.5 Å². The van der Waals surface area contributed by atoms with Crippen LogP contribution in [0, 0.1) is 23.7 Å². The number of fused-ring (bicyclic) bond motifs is 1. The molecule has 102 valence electrons. The van der Waals surface area contributed by atoms with Gasteiger partial charge in [-0.05, 0) is 49.4 Å². The first-order valence-electron chi connectivity index (χ1n) is 7.73. The second-order valence-electron chi connectivity index (χ2n) is 5.91. The summed E-state index contributed by atoms with van der Waals surface area (Å²) in [5.74, 6) is 3.42. The van der Waals surface area contributed by atoms with Crippen molar-refractivity contribution in [3.05, 3.63) is 24.8 Å². The highest BCUT2D eigenvalue weighted by Crippen LogP contribution is 2.51. The van der Waals surface area contributed by atoms with Crippen LogP contribution in [-0.2, 0) is 4.74 Å². The molecule has 2 saturated carbocycles. The molecule has 0 aromatic rings. The van der Waals surface area contributed by atoms with Gasteiger partial charge in [0.25, 0.3) is 0 Å². The highest BCUT2D eigenvalue weighted by Gasteiger charge is 2.42. The molecule has 2 rings (SSSR count). The van der Waals surface area contributed by atoms with E-state index < -0.39 is 0 Å². The Kier molecular flexibility index (Phi) is 5.49. The van der Waals surface area contributed by atoms with Crippen LogP contribution >= 0.6 is 0 Å². The zero-order valence-corrected chi connectivity index (χ0v) is 11.8. The van der Waals surface area contributed by atoms with Crippen LogP contribution in [-0.4, -0.2) is 13.2 Å². The van der Waals surface area contributed by atoms with Crippen LogP contribution in [0.2, 0.25) is 0 Å². The van der Waals surface area contributed by atoms with Crippen LogP contribution in [0.4, 0.5) is 0 Å². The molecule has 2 aliphatic rings. The minimum Gasteiger partial charge on any atom is -0.377 e. The maximum absolute atomic E-state index is 5.59. The lowest BCUT2D eigenvalue weighted by atomic mass is 9.90. The molecule has 1 heteroatoms. The van der Waals surface area contributed by atoms with Crippen molar-refractivity contribution in [3.8, 4) is 0 Å². The van der Waals surface area contributed by atoms with Crippen LogP contribution in [0.3, 0.4) is 0 Å². The van der Waals surface area contributed by atoms with E-state index in [1.54, 1.807) is 0 Å². The maximum atomic E-state index is 5.59. The normalized spacial score (nSPS) is 35.2. The van der Waals surface area contributed by atoms with E-state index in [0.717, 1.165) is 36.9 Å². The molecule has 0 aromatic heterocycles. The largest absolute Gasteiger partial charge is 0.377 e. The Bertz CT molecular complexity index is 281. The van der Waals surface area contributed by atoms with Crippen molar-refractivity contribution >= 4 is 0 Å². The van der Waals surface area contributed by atoms with Gasteiger partial charge in [0.1, 0.15) is 0 Å². The number of ether oxygens (including phenoxy) is 1. The van der Waals surface area contributed by atoms with Gasteiger partial charge in [-0.15, -0.1) is 6.58 Å². The van der Waals surface area contributed by atoms with Crippen molar-refractivity contribution in [2.75, 3.05) is 13.2 Å². The average Bonchev–Trinajstić information content (AvgIpc) is 2.96. The van der Waals surface area contributed by atoms with Gasteiger partial charge in [0, 0.05) is 6.61 Å². The smallest absolute Gasteiger partial charge is 0.0647 e. The summed E-state index contributed by atoms with van der Waals surface area (Å²) in [5, 5.41) is 0. The Hall–Kier alpha value is -0.560. The third-order valence-electron chi connectivity index (χ3n) is 4.81. The molecular formula is C17H28O. The molecule has 2 fully saturated rings.